The molecule has 1 fully saturated rings. The van der Waals surface area contributed by atoms with E-state index in [4.69, 9.17) is 25.8 Å². The first-order valence-electron chi connectivity index (χ1n) is 9.47. The Balaban J connectivity index is 1.93. The van der Waals surface area contributed by atoms with Gasteiger partial charge in [0.2, 0.25) is 0 Å². The molecule has 0 N–H and O–H groups in total. The zero-order valence-corrected chi connectivity index (χ0v) is 17.6. The standard InChI is InChI=1S/C21H28ClNO5/c1-5-27-21-17(22)9-16(10-18(21)26-4)6-7-20(25)28-13-19(24)23-11-14(2)8-15(3)12-23/h6-7,9-10,14-15H,5,8,11-13H2,1-4H3/b7-6+/t14-,15-/m1/s1. The van der Waals surface area contributed by atoms with Gasteiger partial charge in [0.15, 0.2) is 18.1 Å². The minimum atomic E-state index is -0.588. The third-order valence-corrected chi connectivity index (χ3v) is 4.79. The fourth-order valence-corrected chi connectivity index (χ4v) is 3.70. The van der Waals surface area contributed by atoms with E-state index >= 15 is 0 Å². The number of hydrogen-bond acceptors (Lipinski definition) is 5. The number of rotatable bonds is 7. The Hall–Kier alpha value is -2.21. The van der Waals surface area contributed by atoms with Gasteiger partial charge in [-0.3, -0.25) is 4.79 Å². The van der Waals surface area contributed by atoms with Crippen molar-refractivity contribution in [3.8, 4) is 11.5 Å². The van der Waals surface area contributed by atoms with Crippen molar-refractivity contribution < 1.29 is 23.8 Å². The number of likely N-dealkylation sites (tertiary alicyclic amines) is 1. The molecule has 1 aromatic carbocycles. The Labute approximate surface area is 171 Å². The molecule has 0 aromatic heterocycles. The van der Waals surface area contributed by atoms with E-state index in [9.17, 15) is 9.59 Å². The number of nitrogens with zero attached hydrogens (tertiary/aromatic N) is 1. The van der Waals surface area contributed by atoms with Crippen molar-refractivity contribution in [1.82, 2.24) is 4.90 Å². The van der Waals surface area contributed by atoms with Crippen LogP contribution in [0.25, 0.3) is 6.08 Å². The van der Waals surface area contributed by atoms with Gasteiger partial charge in [-0.2, -0.15) is 0 Å². The molecular formula is C21H28ClNO5. The highest BCUT2D eigenvalue weighted by Crippen LogP contribution is 2.36. The van der Waals surface area contributed by atoms with Gasteiger partial charge in [0.05, 0.1) is 18.7 Å². The number of piperidine rings is 1. The second kappa shape index (κ2) is 10.4. The lowest BCUT2D eigenvalue weighted by Crippen LogP contribution is -2.44. The van der Waals surface area contributed by atoms with Crippen molar-refractivity contribution >= 4 is 29.6 Å². The molecule has 6 nitrogen and oxygen atoms in total. The Kier molecular flexibility index (Phi) is 8.18. The molecule has 1 heterocycles. The van der Waals surface area contributed by atoms with Gasteiger partial charge in [-0.1, -0.05) is 25.4 Å². The van der Waals surface area contributed by atoms with Crippen LogP contribution in [0.1, 0.15) is 32.8 Å². The van der Waals surface area contributed by atoms with Crippen LogP contribution in [-0.4, -0.2) is 50.2 Å². The maximum atomic E-state index is 12.3. The second-order valence-electron chi connectivity index (χ2n) is 7.15. The number of hydrogen-bond donors (Lipinski definition) is 0. The van der Waals surface area contributed by atoms with Crippen molar-refractivity contribution in [2.75, 3.05) is 33.4 Å². The Bertz CT molecular complexity index is 724. The number of benzene rings is 1. The lowest BCUT2D eigenvalue weighted by molar-refractivity contribution is -0.149. The van der Waals surface area contributed by atoms with Crippen molar-refractivity contribution in [1.29, 1.82) is 0 Å². The summed E-state index contributed by atoms with van der Waals surface area (Å²) in [5.41, 5.74) is 0.659. The number of carbonyl (C=O) groups is 2. The molecule has 28 heavy (non-hydrogen) atoms. The highest BCUT2D eigenvalue weighted by atomic mass is 35.5. The van der Waals surface area contributed by atoms with E-state index in [1.807, 2.05) is 6.92 Å². The van der Waals surface area contributed by atoms with Crippen LogP contribution in [0.2, 0.25) is 5.02 Å². The van der Waals surface area contributed by atoms with Crippen molar-refractivity contribution in [2.45, 2.75) is 27.2 Å². The zero-order valence-electron chi connectivity index (χ0n) is 16.9. The quantitative estimate of drug-likeness (QED) is 0.506. The first-order valence-corrected chi connectivity index (χ1v) is 9.84. The summed E-state index contributed by atoms with van der Waals surface area (Å²) >= 11 is 6.21. The van der Waals surface area contributed by atoms with E-state index in [2.05, 4.69) is 13.8 Å². The second-order valence-corrected chi connectivity index (χ2v) is 7.56. The lowest BCUT2D eigenvalue weighted by Gasteiger charge is -2.34. The van der Waals surface area contributed by atoms with Gasteiger partial charge in [-0.15, -0.1) is 0 Å². The topological polar surface area (TPSA) is 65.1 Å². The highest BCUT2D eigenvalue weighted by molar-refractivity contribution is 6.32. The number of ether oxygens (including phenoxy) is 3. The molecule has 1 aromatic rings. The fraction of sp³-hybridized carbons (Fsp3) is 0.524. The molecule has 0 bridgehead atoms. The Morgan fingerprint density at radius 2 is 1.93 bits per heavy atom. The van der Waals surface area contributed by atoms with E-state index in [-0.39, 0.29) is 12.5 Å². The summed E-state index contributed by atoms with van der Waals surface area (Å²) in [4.78, 5) is 26.0. The van der Waals surface area contributed by atoms with Crippen LogP contribution < -0.4 is 9.47 Å². The van der Waals surface area contributed by atoms with Crippen LogP contribution in [0.15, 0.2) is 18.2 Å². The number of esters is 1. The first-order chi connectivity index (χ1) is 13.3. The summed E-state index contributed by atoms with van der Waals surface area (Å²) in [6.45, 7) is 7.73. The maximum Gasteiger partial charge on any atom is 0.331 e. The molecule has 2 rings (SSSR count). The Morgan fingerprint density at radius 3 is 2.54 bits per heavy atom. The van der Waals surface area contributed by atoms with E-state index in [0.29, 0.717) is 53.6 Å². The number of amides is 1. The van der Waals surface area contributed by atoms with Gasteiger partial charge < -0.3 is 19.1 Å². The molecule has 0 unspecified atom stereocenters. The average molecular weight is 410 g/mol. The summed E-state index contributed by atoms with van der Waals surface area (Å²) < 4.78 is 15.8. The summed E-state index contributed by atoms with van der Waals surface area (Å²) in [5.74, 6) is 1.11. The van der Waals surface area contributed by atoms with Crippen LogP contribution >= 0.6 is 11.6 Å². The van der Waals surface area contributed by atoms with Gasteiger partial charge in [0.1, 0.15) is 0 Å². The summed E-state index contributed by atoms with van der Waals surface area (Å²) in [6.07, 6.45) is 3.93. The van der Waals surface area contributed by atoms with Crippen LogP contribution in [0.5, 0.6) is 11.5 Å². The smallest absolute Gasteiger partial charge is 0.331 e. The van der Waals surface area contributed by atoms with Crippen LogP contribution in [-0.2, 0) is 14.3 Å². The minimum absolute atomic E-state index is 0.161. The average Bonchev–Trinajstić information content (AvgIpc) is 2.65. The number of halogens is 1. The molecular weight excluding hydrogens is 382 g/mol. The van der Waals surface area contributed by atoms with Gasteiger partial charge in [-0.25, -0.2) is 4.79 Å². The van der Waals surface area contributed by atoms with E-state index in [1.54, 1.807) is 23.1 Å². The number of carbonyl (C=O) groups excluding carboxylic acids is 2. The zero-order chi connectivity index (χ0) is 20.7. The fourth-order valence-electron chi connectivity index (χ4n) is 3.42. The Morgan fingerprint density at radius 1 is 1.25 bits per heavy atom. The molecule has 0 radical (unpaired) electrons. The van der Waals surface area contributed by atoms with E-state index in [0.717, 1.165) is 6.42 Å². The van der Waals surface area contributed by atoms with Crippen molar-refractivity contribution in [3.05, 3.63) is 28.8 Å². The molecule has 1 saturated heterocycles. The molecule has 7 heteroatoms. The lowest BCUT2D eigenvalue weighted by atomic mass is 9.92. The van der Waals surface area contributed by atoms with Gasteiger partial charge in [-0.05, 0) is 49.0 Å². The molecule has 1 aliphatic rings. The molecule has 2 atom stereocenters. The number of methoxy groups -OCH3 is 1. The van der Waals surface area contributed by atoms with E-state index < -0.39 is 5.97 Å². The van der Waals surface area contributed by atoms with Gasteiger partial charge >= 0.3 is 5.97 Å². The molecule has 0 aliphatic carbocycles. The van der Waals surface area contributed by atoms with Crippen LogP contribution in [0, 0.1) is 11.8 Å². The third-order valence-electron chi connectivity index (χ3n) is 4.51. The van der Waals surface area contributed by atoms with Crippen molar-refractivity contribution in [2.24, 2.45) is 11.8 Å². The van der Waals surface area contributed by atoms with Gasteiger partial charge in [0.25, 0.3) is 5.91 Å². The maximum absolute atomic E-state index is 12.3. The third kappa shape index (κ3) is 6.16. The first kappa shape index (κ1) is 22.1. The van der Waals surface area contributed by atoms with Crippen LogP contribution in [0.4, 0.5) is 0 Å². The molecule has 1 aliphatic heterocycles. The SMILES string of the molecule is CCOc1c(Cl)cc(/C=C/C(=O)OCC(=O)N2C[C@H](C)C[C@@H](C)C2)cc1OC. The molecule has 154 valence electrons. The van der Waals surface area contributed by atoms with Crippen LogP contribution in [0.3, 0.4) is 0 Å². The monoisotopic (exact) mass is 409 g/mol. The normalized spacial score (nSPS) is 19.5. The molecule has 0 saturated carbocycles. The van der Waals surface area contributed by atoms with E-state index in [1.165, 1.54) is 13.2 Å². The largest absolute Gasteiger partial charge is 0.493 e. The minimum Gasteiger partial charge on any atom is -0.493 e. The molecule has 0 spiro atoms. The predicted molar refractivity (Wildman–Crippen MR) is 109 cm³/mol. The summed E-state index contributed by atoms with van der Waals surface area (Å²) in [6, 6.07) is 3.38. The summed E-state index contributed by atoms with van der Waals surface area (Å²) in [7, 11) is 1.52. The highest BCUT2D eigenvalue weighted by Gasteiger charge is 2.25. The van der Waals surface area contributed by atoms with Gasteiger partial charge in [0, 0.05) is 19.2 Å². The molecule has 1 amide bonds. The predicted octanol–water partition coefficient (Wildman–Crippen LogP) is 3.81. The summed E-state index contributed by atoms with van der Waals surface area (Å²) in [5, 5.41) is 0.387. The van der Waals surface area contributed by atoms with Crippen molar-refractivity contribution in [3.63, 3.8) is 0 Å².